The van der Waals surface area contributed by atoms with E-state index in [0.29, 0.717) is 19.2 Å². The van der Waals surface area contributed by atoms with Gasteiger partial charge in [-0.3, -0.25) is 9.69 Å². The second-order valence-corrected chi connectivity index (χ2v) is 9.56. The number of amides is 1. The van der Waals surface area contributed by atoms with Crippen LogP contribution in [0.1, 0.15) is 51.5 Å². The average Bonchev–Trinajstić information content (AvgIpc) is 3.32. The van der Waals surface area contributed by atoms with E-state index < -0.39 is 18.1 Å². The molecule has 2 unspecified atom stereocenters. The molecule has 1 saturated heterocycles. The Morgan fingerprint density at radius 3 is 2.57 bits per heavy atom. The third-order valence-corrected chi connectivity index (χ3v) is 6.89. The molecule has 1 aliphatic carbocycles. The van der Waals surface area contributed by atoms with Crippen LogP contribution in [-0.4, -0.2) is 81.0 Å². The average molecular weight is 492 g/mol. The molecule has 3 rings (SSSR count). The fourth-order valence-electron chi connectivity index (χ4n) is 4.88. The second-order valence-electron chi connectivity index (χ2n) is 9.56. The van der Waals surface area contributed by atoms with Gasteiger partial charge in [0.05, 0.1) is 33.0 Å². The normalized spacial score (nSPS) is 24.4. The SMILES string of the molecule is COc1ccc(CCO[C@@H]2CCCC[C@H]2N2CC[C@@H](OC(=O)C(C)NC(=O)C(C)N)C2)cc1OC. The standard InChI is InChI=1S/C26H41N3O6/c1-17(27)25(30)28-18(2)26(31)35-20-11-13-29(16-20)21-7-5-6-8-22(21)34-14-12-19-9-10-23(32-3)24(15-19)33-4/h9-10,15,17-18,20-22H,5-8,11-14,16,27H2,1-4H3,(H,28,30)/t17?,18?,20-,21-,22-/m1/s1. The van der Waals surface area contributed by atoms with Crippen molar-refractivity contribution in [3.63, 3.8) is 0 Å². The van der Waals surface area contributed by atoms with Gasteiger partial charge in [0.15, 0.2) is 11.5 Å². The van der Waals surface area contributed by atoms with Gasteiger partial charge in [-0.1, -0.05) is 18.9 Å². The first-order valence-electron chi connectivity index (χ1n) is 12.6. The molecule has 9 heteroatoms. The molecular formula is C26H41N3O6. The minimum Gasteiger partial charge on any atom is -0.493 e. The van der Waals surface area contributed by atoms with Crippen LogP contribution in [0.15, 0.2) is 18.2 Å². The van der Waals surface area contributed by atoms with Crippen LogP contribution in [0.2, 0.25) is 0 Å². The van der Waals surface area contributed by atoms with Crippen molar-refractivity contribution in [2.75, 3.05) is 33.9 Å². The zero-order valence-corrected chi connectivity index (χ0v) is 21.5. The Kier molecular flexibility index (Phi) is 10.2. The summed E-state index contributed by atoms with van der Waals surface area (Å²) in [6.45, 7) is 5.41. The summed E-state index contributed by atoms with van der Waals surface area (Å²) in [7, 11) is 3.27. The first-order valence-corrected chi connectivity index (χ1v) is 12.6. The Morgan fingerprint density at radius 1 is 1.11 bits per heavy atom. The largest absolute Gasteiger partial charge is 0.493 e. The molecule has 1 aromatic carbocycles. The van der Waals surface area contributed by atoms with E-state index in [1.807, 2.05) is 18.2 Å². The van der Waals surface area contributed by atoms with Crippen molar-refractivity contribution in [3.8, 4) is 11.5 Å². The molecule has 35 heavy (non-hydrogen) atoms. The van der Waals surface area contributed by atoms with Crippen molar-refractivity contribution in [2.24, 2.45) is 5.73 Å². The van der Waals surface area contributed by atoms with Crippen molar-refractivity contribution in [2.45, 2.75) is 82.7 Å². The quantitative estimate of drug-likeness (QED) is 0.453. The number of carbonyl (C=O) groups is 2. The maximum absolute atomic E-state index is 12.4. The van der Waals surface area contributed by atoms with Crippen molar-refractivity contribution in [1.29, 1.82) is 0 Å². The molecule has 1 amide bonds. The topological polar surface area (TPSA) is 112 Å². The number of carbonyl (C=O) groups excluding carboxylic acids is 2. The Morgan fingerprint density at radius 2 is 1.86 bits per heavy atom. The maximum atomic E-state index is 12.4. The lowest BCUT2D eigenvalue weighted by atomic mass is 9.91. The van der Waals surface area contributed by atoms with Gasteiger partial charge in [0, 0.05) is 19.1 Å². The minimum absolute atomic E-state index is 0.169. The number of hydrogen-bond donors (Lipinski definition) is 2. The summed E-state index contributed by atoms with van der Waals surface area (Å²) in [5.74, 6) is 0.666. The van der Waals surface area contributed by atoms with Crippen LogP contribution in [0.25, 0.3) is 0 Å². The number of benzene rings is 1. The highest BCUT2D eigenvalue weighted by atomic mass is 16.5. The zero-order chi connectivity index (χ0) is 25.4. The highest BCUT2D eigenvalue weighted by Crippen LogP contribution is 2.30. The molecule has 1 heterocycles. The van der Waals surface area contributed by atoms with Gasteiger partial charge in [-0.05, 0) is 57.2 Å². The predicted molar refractivity (Wildman–Crippen MR) is 133 cm³/mol. The molecule has 0 radical (unpaired) electrons. The molecule has 1 saturated carbocycles. The molecule has 1 aromatic rings. The highest BCUT2D eigenvalue weighted by Gasteiger charge is 2.37. The number of esters is 1. The Balaban J connectivity index is 1.48. The van der Waals surface area contributed by atoms with Gasteiger partial charge >= 0.3 is 5.97 Å². The lowest BCUT2D eigenvalue weighted by Crippen LogP contribution is -2.48. The van der Waals surface area contributed by atoms with E-state index >= 15 is 0 Å². The number of nitrogens with one attached hydrogen (secondary N) is 1. The fraction of sp³-hybridized carbons (Fsp3) is 0.692. The fourth-order valence-corrected chi connectivity index (χ4v) is 4.88. The van der Waals surface area contributed by atoms with Crippen LogP contribution in [-0.2, 0) is 25.5 Å². The molecule has 2 fully saturated rings. The lowest BCUT2D eigenvalue weighted by Gasteiger charge is -2.37. The van der Waals surface area contributed by atoms with E-state index in [0.717, 1.165) is 49.3 Å². The van der Waals surface area contributed by atoms with Gasteiger partial charge < -0.3 is 30.0 Å². The summed E-state index contributed by atoms with van der Waals surface area (Å²) in [4.78, 5) is 26.6. The number of likely N-dealkylation sites (tertiary alicyclic amines) is 1. The maximum Gasteiger partial charge on any atom is 0.328 e. The number of hydrogen-bond acceptors (Lipinski definition) is 8. The number of ether oxygens (including phenoxy) is 4. The first kappa shape index (κ1) is 27.2. The van der Waals surface area contributed by atoms with Gasteiger partial charge in [-0.25, -0.2) is 4.79 Å². The van der Waals surface area contributed by atoms with Gasteiger partial charge in [0.25, 0.3) is 0 Å². The third kappa shape index (κ3) is 7.56. The zero-order valence-electron chi connectivity index (χ0n) is 21.5. The van der Waals surface area contributed by atoms with E-state index in [-0.39, 0.29) is 18.1 Å². The molecule has 0 bridgehead atoms. The molecule has 9 nitrogen and oxygen atoms in total. The summed E-state index contributed by atoms with van der Waals surface area (Å²) >= 11 is 0. The Hall–Kier alpha value is -2.36. The number of nitrogens with zero attached hydrogens (tertiary/aromatic N) is 1. The lowest BCUT2D eigenvalue weighted by molar-refractivity contribution is -0.152. The van der Waals surface area contributed by atoms with Crippen LogP contribution < -0.4 is 20.5 Å². The smallest absolute Gasteiger partial charge is 0.328 e. The van der Waals surface area contributed by atoms with Crippen LogP contribution in [0, 0.1) is 0 Å². The van der Waals surface area contributed by atoms with E-state index in [4.69, 9.17) is 24.7 Å². The molecule has 3 N–H and O–H groups in total. The summed E-state index contributed by atoms with van der Waals surface area (Å²) in [5, 5.41) is 2.60. The minimum atomic E-state index is -0.718. The number of rotatable bonds is 11. The number of nitrogens with two attached hydrogens (primary N) is 1. The van der Waals surface area contributed by atoms with Crippen LogP contribution in [0.4, 0.5) is 0 Å². The summed E-state index contributed by atoms with van der Waals surface area (Å²) in [6.07, 6.45) is 6.06. The third-order valence-electron chi connectivity index (χ3n) is 6.89. The van der Waals surface area contributed by atoms with Crippen molar-refractivity contribution >= 4 is 11.9 Å². The van der Waals surface area contributed by atoms with Crippen LogP contribution in [0.3, 0.4) is 0 Å². The molecule has 5 atom stereocenters. The molecule has 1 aliphatic heterocycles. The second kappa shape index (κ2) is 13.1. The molecule has 0 aromatic heterocycles. The van der Waals surface area contributed by atoms with Crippen molar-refractivity contribution in [3.05, 3.63) is 23.8 Å². The predicted octanol–water partition coefficient (Wildman–Crippen LogP) is 2.04. The van der Waals surface area contributed by atoms with E-state index in [1.54, 1.807) is 28.1 Å². The summed E-state index contributed by atoms with van der Waals surface area (Å²) in [6, 6.07) is 4.91. The van der Waals surface area contributed by atoms with Crippen molar-refractivity contribution in [1.82, 2.24) is 10.2 Å². The molecule has 0 spiro atoms. The Bertz CT molecular complexity index is 848. The van der Waals surface area contributed by atoms with Gasteiger partial charge in [-0.2, -0.15) is 0 Å². The van der Waals surface area contributed by atoms with Crippen molar-refractivity contribution < 1.29 is 28.5 Å². The molecule has 196 valence electrons. The van der Waals surface area contributed by atoms with E-state index in [1.165, 1.54) is 12.8 Å². The number of methoxy groups -OCH3 is 2. The van der Waals surface area contributed by atoms with Crippen LogP contribution >= 0.6 is 0 Å². The van der Waals surface area contributed by atoms with Gasteiger partial charge in [-0.15, -0.1) is 0 Å². The highest BCUT2D eigenvalue weighted by molar-refractivity contribution is 5.86. The monoisotopic (exact) mass is 491 g/mol. The van der Waals surface area contributed by atoms with E-state index in [9.17, 15) is 9.59 Å². The first-order chi connectivity index (χ1) is 16.8. The van der Waals surface area contributed by atoms with Gasteiger partial charge in [0.1, 0.15) is 12.1 Å². The summed E-state index contributed by atoms with van der Waals surface area (Å²) in [5.41, 5.74) is 6.71. The van der Waals surface area contributed by atoms with Gasteiger partial charge in [0.2, 0.25) is 5.91 Å². The molecule has 2 aliphatic rings. The van der Waals surface area contributed by atoms with Crippen LogP contribution in [0.5, 0.6) is 11.5 Å². The molecular weight excluding hydrogens is 450 g/mol. The summed E-state index contributed by atoms with van der Waals surface area (Å²) < 4.78 is 22.8. The van der Waals surface area contributed by atoms with E-state index in [2.05, 4.69) is 10.2 Å². The Labute approximate surface area is 208 Å².